The van der Waals surface area contributed by atoms with Crippen molar-refractivity contribution in [2.24, 2.45) is 5.73 Å². The molecule has 0 aromatic heterocycles. The predicted molar refractivity (Wildman–Crippen MR) is 49.8 cm³/mol. The SMILES string of the molecule is NCC[C@H]1NC(=O)[C@@H](CC(=O)O)NC1=O. The van der Waals surface area contributed by atoms with Gasteiger partial charge in [-0.3, -0.25) is 14.4 Å². The lowest BCUT2D eigenvalue weighted by Gasteiger charge is -2.28. The van der Waals surface area contributed by atoms with E-state index in [-0.39, 0.29) is 12.5 Å². The number of piperazine rings is 1. The van der Waals surface area contributed by atoms with E-state index in [1.54, 1.807) is 0 Å². The summed E-state index contributed by atoms with van der Waals surface area (Å²) in [7, 11) is 0. The summed E-state index contributed by atoms with van der Waals surface area (Å²) >= 11 is 0. The van der Waals surface area contributed by atoms with E-state index in [0.717, 1.165) is 0 Å². The van der Waals surface area contributed by atoms with Crippen molar-refractivity contribution in [3.63, 3.8) is 0 Å². The maximum absolute atomic E-state index is 11.3. The van der Waals surface area contributed by atoms with Crippen molar-refractivity contribution in [2.75, 3.05) is 6.54 Å². The fourth-order valence-corrected chi connectivity index (χ4v) is 1.36. The molecule has 0 radical (unpaired) electrons. The van der Waals surface area contributed by atoms with Gasteiger partial charge in [0.05, 0.1) is 6.42 Å². The number of hydrogen-bond acceptors (Lipinski definition) is 4. The number of carbonyl (C=O) groups is 3. The molecule has 0 aromatic rings. The Labute approximate surface area is 86.0 Å². The van der Waals surface area contributed by atoms with E-state index in [4.69, 9.17) is 10.8 Å². The number of nitrogens with two attached hydrogens (primary N) is 1. The molecule has 0 spiro atoms. The van der Waals surface area contributed by atoms with Crippen molar-refractivity contribution >= 4 is 17.8 Å². The second-order valence-electron chi connectivity index (χ2n) is 3.30. The minimum atomic E-state index is -1.13. The van der Waals surface area contributed by atoms with E-state index in [1.807, 2.05) is 0 Å². The molecule has 1 fully saturated rings. The number of carboxylic acid groups (broad SMARTS) is 1. The molecule has 7 heteroatoms. The van der Waals surface area contributed by atoms with Gasteiger partial charge in [-0.2, -0.15) is 0 Å². The third-order valence-electron chi connectivity index (χ3n) is 2.10. The molecule has 84 valence electrons. The number of carboxylic acids is 1. The van der Waals surface area contributed by atoms with Gasteiger partial charge in [0.15, 0.2) is 0 Å². The van der Waals surface area contributed by atoms with Gasteiger partial charge in [-0.15, -0.1) is 0 Å². The van der Waals surface area contributed by atoms with Crippen LogP contribution in [0.1, 0.15) is 12.8 Å². The van der Waals surface area contributed by atoms with Crippen LogP contribution in [0, 0.1) is 0 Å². The molecule has 1 saturated heterocycles. The molecular weight excluding hydrogens is 202 g/mol. The standard InChI is InChI=1S/C8H13N3O4/c9-2-1-4-7(14)11-5(3-6(12)13)8(15)10-4/h4-5H,1-3,9H2,(H,10,15)(H,11,14)(H,12,13)/t4-,5-/m1/s1. The van der Waals surface area contributed by atoms with Gasteiger partial charge in [0.1, 0.15) is 12.1 Å². The minimum absolute atomic E-state index is 0.280. The molecule has 2 amide bonds. The highest BCUT2D eigenvalue weighted by molar-refractivity contribution is 5.98. The zero-order chi connectivity index (χ0) is 11.4. The van der Waals surface area contributed by atoms with Crippen LogP contribution in [0.3, 0.4) is 0 Å². The maximum Gasteiger partial charge on any atom is 0.305 e. The molecule has 1 heterocycles. The molecule has 1 rings (SSSR count). The van der Waals surface area contributed by atoms with Gasteiger partial charge in [-0.1, -0.05) is 0 Å². The van der Waals surface area contributed by atoms with Crippen molar-refractivity contribution in [3.8, 4) is 0 Å². The van der Waals surface area contributed by atoms with E-state index in [1.165, 1.54) is 0 Å². The van der Waals surface area contributed by atoms with Crippen LogP contribution in [0.25, 0.3) is 0 Å². The summed E-state index contributed by atoms with van der Waals surface area (Å²) < 4.78 is 0. The van der Waals surface area contributed by atoms with Crippen LogP contribution in [-0.2, 0) is 14.4 Å². The second kappa shape index (κ2) is 4.74. The molecule has 5 N–H and O–H groups in total. The Morgan fingerprint density at radius 3 is 2.33 bits per heavy atom. The summed E-state index contributed by atoms with van der Waals surface area (Å²) in [6, 6.07) is -1.63. The van der Waals surface area contributed by atoms with Crippen molar-refractivity contribution < 1.29 is 19.5 Å². The zero-order valence-electron chi connectivity index (χ0n) is 8.03. The number of amides is 2. The molecule has 1 aliphatic heterocycles. The van der Waals surface area contributed by atoms with E-state index >= 15 is 0 Å². The van der Waals surface area contributed by atoms with E-state index < -0.39 is 30.4 Å². The summed E-state index contributed by atoms with van der Waals surface area (Å²) in [6.45, 7) is 0.280. The lowest BCUT2D eigenvalue weighted by Crippen LogP contribution is -2.62. The Morgan fingerprint density at radius 2 is 1.80 bits per heavy atom. The van der Waals surface area contributed by atoms with Gasteiger partial charge < -0.3 is 21.5 Å². The normalized spacial score (nSPS) is 25.7. The highest BCUT2D eigenvalue weighted by Crippen LogP contribution is 2.03. The third-order valence-corrected chi connectivity index (χ3v) is 2.10. The molecule has 0 unspecified atom stereocenters. The van der Waals surface area contributed by atoms with E-state index in [9.17, 15) is 14.4 Å². The molecule has 2 atom stereocenters. The van der Waals surface area contributed by atoms with Crippen molar-refractivity contribution in [3.05, 3.63) is 0 Å². The molecule has 0 saturated carbocycles. The number of rotatable bonds is 4. The quantitative estimate of drug-likeness (QED) is 0.423. The van der Waals surface area contributed by atoms with Crippen LogP contribution in [0.2, 0.25) is 0 Å². The number of carbonyl (C=O) groups excluding carboxylic acids is 2. The average Bonchev–Trinajstić information content (AvgIpc) is 2.13. The summed E-state index contributed by atoms with van der Waals surface area (Å²) in [5.74, 6) is -1.99. The first-order valence-corrected chi connectivity index (χ1v) is 4.57. The molecule has 0 aromatic carbocycles. The van der Waals surface area contributed by atoms with Crippen LogP contribution in [0.15, 0.2) is 0 Å². The molecular formula is C8H13N3O4. The van der Waals surface area contributed by atoms with Crippen LogP contribution in [0.4, 0.5) is 0 Å². The first kappa shape index (κ1) is 11.4. The Bertz CT molecular complexity index is 292. The molecule has 0 aliphatic carbocycles. The second-order valence-corrected chi connectivity index (χ2v) is 3.30. The average molecular weight is 215 g/mol. The van der Waals surface area contributed by atoms with Gasteiger partial charge in [-0.05, 0) is 13.0 Å². The molecule has 0 bridgehead atoms. The van der Waals surface area contributed by atoms with Crippen LogP contribution < -0.4 is 16.4 Å². The molecule has 1 aliphatic rings. The summed E-state index contributed by atoms with van der Waals surface area (Å²) in [6.07, 6.45) is -0.0652. The lowest BCUT2D eigenvalue weighted by atomic mass is 10.1. The van der Waals surface area contributed by atoms with Crippen molar-refractivity contribution in [2.45, 2.75) is 24.9 Å². The fraction of sp³-hybridized carbons (Fsp3) is 0.625. The number of nitrogens with one attached hydrogen (secondary N) is 2. The highest BCUT2D eigenvalue weighted by atomic mass is 16.4. The highest BCUT2D eigenvalue weighted by Gasteiger charge is 2.34. The third kappa shape index (κ3) is 2.91. The number of aliphatic carboxylic acids is 1. The van der Waals surface area contributed by atoms with E-state index in [2.05, 4.69) is 10.6 Å². The van der Waals surface area contributed by atoms with Crippen LogP contribution in [-0.4, -0.2) is 41.5 Å². The van der Waals surface area contributed by atoms with Gasteiger partial charge in [0, 0.05) is 0 Å². The topological polar surface area (TPSA) is 122 Å². The van der Waals surface area contributed by atoms with Crippen molar-refractivity contribution in [1.82, 2.24) is 10.6 Å². The smallest absolute Gasteiger partial charge is 0.305 e. The zero-order valence-corrected chi connectivity index (χ0v) is 8.03. The number of hydrogen-bond donors (Lipinski definition) is 4. The van der Waals surface area contributed by atoms with E-state index in [0.29, 0.717) is 6.42 Å². The monoisotopic (exact) mass is 215 g/mol. The van der Waals surface area contributed by atoms with Gasteiger partial charge >= 0.3 is 5.97 Å². The lowest BCUT2D eigenvalue weighted by molar-refractivity contribution is -0.143. The van der Waals surface area contributed by atoms with Gasteiger partial charge in [0.25, 0.3) is 0 Å². The molecule has 15 heavy (non-hydrogen) atoms. The molecule has 7 nitrogen and oxygen atoms in total. The van der Waals surface area contributed by atoms with Gasteiger partial charge in [0.2, 0.25) is 11.8 Å². The largest absolute Gasteiger partial charge is 0.481 e. The predicted octanol–water partition coefficient (Wildman–Crippen LogP) is -2.21. The Hall–Kier alpha value is -1.63. The minimum Gasteiger partial charge on any atom is -0.481 e. The summed E-state index contributed by atoms with van der Waals surface area (Å²) in [5.41, 5.74) is 5.26. The fourth-order valence-electron chi connectivity index (χ4n) is 1.36. The van der Waals surface area contributed by atoms with Crippen LogP contribution in [0.5, 0.6) is 0 Å². The first-order valence-electron chi connectivity index (χ1n) is 4.57. The first-order chi connectivity index (χ1) is 7.04. The van der Waals surface area contributed by atoms with Crippen LogP contribution >= 0.6 is 0 Å². The Morgan fingerprint density at radius 1 is 1.27 bits per heavy atom. The summed E-state index contributed by atoms with van der Waals surface area (Å²) in [5, 5.41) is 13.3. The summed E-state index contributed by atoms with van der Waals surface area (Å²) in [4.78, 5) is 33.1. The maximum atomic E-state index is 11.3. The van der Waals surface area contributed by atoms with Crippen molar-refractivity contribution in [1.29, 1.82) is 0 Å². The Kier molecular flexibility index (Phi) is 3.62. The van der Waals surface area contributed by atoms with Gasteiger partial charge in [-0.25, -0.2) is 0 Å². The Balaban J connectivity index is 2.58.